The Kier molecular flexibility index (Phi) is 3.58. The maximum Gasteiger partial charge on any atom is 0.333 e. The van der Waals surface area contributed by atoms with Gasteiger partial charge in [0.2, 0.25) is 5.82 Å². The average Bonchev–Trinajstić information content (AvgIpc) is 2.98. The molecule has 1 aliphatic carbocycles. The third kappa shape index (κ3) is 2.60. The summed E-state index contributed by atoms with van der Waals surface area (Å²) in [5, 5.41) is 18.6. The van der Waals surface area contributed by atoms with Crippen LogP contribution in [0.1, 0.15) is 31.4 Å². The van der Waals surface area contributed by atoms with E-state index in [4.69, 9.17) is 9.47 Å². The maximum atomic E-state index is 11.2. The Morgan fingerprint density at radius 3 is 2.57 bits per heavy atom. The van der Waals surface area contributed by atoms with Crippen LogP contribution in [0.4, 0.5) is 11.5 Å². The molecule has 1 aliphatic heterocycles. The molecule has 1 saturated carbocycles. The van der Waals surface area contributed by atoms with E-state index in [0.29, 0.717) is 24.7 Å². The van der Waals surface area contributed by atoms with Crippen molar-refractivity contribution >= 4 is 11.5 Å². The fraction of sp³-hybridized carbons (Fsp3) is 0.769. The Bertz CT molecular complexity index is 541. The predicted octanol–water partition coefficient (Wildman–Crippen LogP) is 1.73. The van der Waals surface area contributed by atoms with Crippen LogP contribution in [0.3, 0.4) is 0 Å². The van der Waals surface area contributed by atoms with Crippen LogP contribution in [0.15, 0.2) is 0 Å². The summed E-state index contributed by atoms with van der Waals surface area (Å²) in [5.41, 5.74) is 0.492. The van der Waals surface area contributed by atoms with Gasteiger partial charge in [0.1, 0.15) is 5.69 Å². The Morgan fingerprint density at radius 2 is 2.00 bits per heavy atom. The van der Waals surface area contributed by atoms with Gasteiger partial charge >= 0.3 is 5.69 Å². The lowest BCUT2D eigenvalue weighted by Crippen LogP contribution is -2.39. The topological polar surface area (TPSA) is 91.5 Å². The van der Waals surface area contributed by atoms with Crippen LogP contribution >= 0.6 is 0 Å². The number of hydrogen-bond acceptors (Lipinski definition) is 6. The van der Waals surface area contributed by atoms with Crippen LogP contribution in [0.25, 0.3) is 0 Å². The van der Waals surface area contributed by atoms with E-state index in [1.165, 1.54) is 0 Å². The van der Waals surface area contributed by atoms with Gasteiger partial charge in [-0.25, -0.2) is 4.68 Å². The van der Waals surface area contributed by atoms with Gasteiger partial charge in [-0.05, 0) is 19.8 Å². The minimum absolute atomic E-state index is 0.0613. The monoisotopic (exact) mass is 296 g/mol. The minimum atomic E-state index is -0.410. The summed E-state index contributed by atoms with van der Waals surface area (Å²) in [6, 6.07) is 0.178. The quantitative estimate of drug-likeness (QED) is 0.674. The highest BCUT2D eigenvalue weighted by molar-refractivity contribution is 5.59. The fourth-order valence-electron chi connectivity index (χ4n) is 3.21. The van der Waals surface area contributed by atoms with Crippen molar-refractivity contribution in [2.75, 3.05) is 18.5 Å². The SMILES string of the molecule is Cc1nn(C)c(NC2CCC3(CC2)OCCO3)c1[N+](=O)[O-]. The molecule has 2 heterocycles. The molecular weight excluding hydrogens is 276 g/mol. The summed E-state index contributed by atoms with van der Waals surface area (Å²) in [5.74, 6) is 0.0682. The lowest BCUT2D eigenvalue weighted by Gasteiger charge is -2.35. The molecule has 1 aromatic rings. The summed E-state index contributed by atoms with van der Waals surface area (Å²) in [7, 11) is 1.72. The molecule has 3 rings (SSSR count). The number of aromatic nitrogens is 2. The Hall–Kier alpha value is -1.67. The van der Waals surface area contributed by atoms with Crippen molar-refractivity contribution in [1.82, 2.24) is 9.78 Å². The van der Waals surface area contributed by atoms with Crippen molar-refractivity contribution in [3.63, 3.8) is 0 Å². The first-order valence-corrected chi connectivity index (χ1v) is 7.23. The van der Waals surface area contributed by atoms with E-state index in [1.807, 2.05) is 0 Å². The van der Waals surface area contributed by atoms with E-state index in [-0.39, 0.29) is 16.7 Å². The number of nitrogens with one attached hydrogen (secondary N) is 1. The van der Waals surface area contributed by atoms with Gasteiger partial charge in [-0.3, -0.25) is 10.1 Å². The van der Waals surface area contributed by atoms with Gasteiger partial charge in [-0.2, -0.15) is 5.10 Å². The second kappa shape index (κ2) is 5.27. The number of hydrogen-bond donors (Lipinski definition) is 1. The Morgan fingerprint density at radius 1 is 1.38 bits per heavy atom. The largest absolute Gasteiger partial charge is 0.362 e. The molecule has 1 N–H and O–H groups in total. The lowest BCUT2D eigenvalue weighted by molar-refractivity contribution is -0.384. The molecule has 2 aliphatic rings. The van der Waals surface area contributed by atoms with E-state index in [1.54, 1.807) is 18.7 Å². The molecule has 2 fully saturated rings. The van der Waals surface area contributed by atoms with E-state index >= 15 is 0 Å². The zero-order chi connectivity index (χ0) is 15.0. The highest BCUT2D eigenvalue weighted by Crippen LogP contribution is 2.37. The minimum Gasteiger partial charge on any atom is -0.362 e. The fourth-order valence-corrected chi connectivity index (χ4v) is 3.21. The van der Waals surface area contributed by atoms with Gasteiger partial charge in [0.15, 0.2) is 5.79 Å². The number of nitrogens with zero attached hydrogens (tertiary/aromatic N) is 3. The number of ether oxygens (including phenoxy) is 2. The normalized spacial score (nSPS) is 21.8. The summed E-state index contributed by atoms with van der Waals surface area (Å²) in [4.78, 5) is 10.8. The molecule has 0 unspecified atom stereocenters. The molecule has 21 heavy (non-hydrogen) atoms. The summed E-state index contributed by atoms with van der Waals surface area (Å²) in [6.07, 6.45) is 3.35. The van der Waals surface area contributed by atoms with E-state index < -0.39 is 5.79 Å². The van der Waals surface area contributed by atoms with Gasteiger partial charge in [0.25, 0.3) is 0 Å². The van der Waals surface area contributed by atoms with Gasteiger partial charge in [-0.15, -0.1) is 0 Å². The maximum absolute atomic E-state index is 11.2. The molecule has 8 nitrogen and oxygen atoms in total. The molecule has 0 bridgehead atoms. The van der Waals surface area contributed by atoms with Gasteiger partial charge in [0.05, 0.1) is 18.1 Å². The Balaban J connectivity index is 1.69. The van der Waals surface area contributed by atoms with Gasteiger partial charge in [0, 0.05) is 25.9 Å². The first-order valence-electron chi connectivity index (χ1n) is 7.23. The first-order chi connectivity index (χ1) is 10.0. The van der Waals surface area contributed by atoms with Crippen LogP contribution < -0.4 is 5.32 Å². The molecular formula is C13H20N4O4. The van der Waals surface area contributed by atoms with Crippen LogP contribution in [-0.4, -0.2) is 39.7 Å². The number of aryl methyl sites for hydroxylation is 2. The molecule has 1 saturated heterocycles. The highest BCUT2D eigenvalue weighted by atomic mass is 16.7. The number of anilines is 1. The molecule has 0 amide bonds. The van der Waals surface area contributed by atoms with Crippen molar-refractivity contribution < 1.29 is 14.4 Å². The molecule has 1 aromatic heterocycles. The van der Waals surface area contributed by atoms with Gasteiger partial charge < -0.3 is 14.8 Å². The smallest absolute Gasteiger partial charge is 0.333 e. The zero-order valence-corrected chi connectivity index (χ0v) is 12.3. The first kappa shape index (κ1) is 14.3. The standard InChI is InChI=1S/C13H20N4O4/c1-9-11(17(18)19)12(16(2)15-9)14-10-3-5-13(6-4-10)20-7-8-21-13/h10,14H,3-8H2,1-2H3. The molecule has 116 valence electrons. The van der Waals surface area contributed by atoms with Crippen LogP contribution in [0, 0.1) is 17.0 Å². The molecule has 0 radical (unpaired) electrons. The van der Waals surface area contributed by atoms with Crippen molar-refractivity contribution in [3.8, 4) is 0 Å². The van der Waals surface area contributed by atoms with E-state index in [0.717, 1.165) is 25.7 Å². The number of nitro groups is 1. The zero-order valence-electron chi connectivity index (χ0n) is 12.3. The second-order valence-electron chi connectivity index (χ2n) is 5.69. The second-order valence-corrected chi connectivity index (χ2v) is 5.69. The summed E-state index contributed by atoms with van der Waals surface area (Å²) < 4.78 is 12.9. The summed E-state index contributed by atoms with van der Waals surface area (Å²) >= 11 is 0. The molecule has 1 spiro atoms. The van der Waals surface area contributed by atoms with Crippen molar-refractivity contribution in [1.29, 1.82) is 0 Å². The number of rotatable bonds is 3. The van der Waals surface area contributed by atoms with Crippen molar-refractivity contribution in [3.05, 3.63) is 15.8 Å². The Labute approximate surface area is 122 Å². The van der Waals surface area contributed by atoms with Crippen LogP contribution in [-0.2, 0) is 16.5 Å². The summed E-state index contributed by atoms with van der Waals surface area (Å²) in [6.45, 7) is 2.97. The third-order valence-electron chi connectivity index (χ3n) is 4.27. The van der Waals surface area contributed by atoms with Crippen molar-refractivity contribution in [2.45, 2.75) is 44.4 Å². The van der Waals surface area contributed by atoms with Crippen molar-refractivity contribution in [2.24, 2.45) is 7.05 Å². The molecule has 0 atom stereocenters. The van der Waals surface area contributed by atoms with Crippen LogP contribution in [0.5, 0.6) is 0 Å². The molecule has 0 aromatic carbocycles. The predicted molar refractivity (Wildman–Crippen MR) is 75.1 cm³/mol. The van der Waals surface area contributed by atoms with E-state index in [9.17, 15) is 10.1 Å². The highest BCUT2D eigenvalue weighted by Gasteiger charge is 2.40. The average molecular weight is 296 g/mol. The lowest BCUT2D eigenvalue weighted by atomic mass is 9.90. The van der Waals surface area contributed by atoms with E-state index in [2.05, 4.69) is 10.4 Å². The van der Waals surface area contributed by atoms with Gasteiger partial charge in [-0.1, -0.05) is 0 Å². The molecule has 8 heteroatoms. The van der Waals surface area contributed by atoms with Crippen LogP contribution in [0.2, 0.25) is 0 Å². The third-order valence-corrected chi connectivity index (χ3v) is 4.27.